The summed E-state index contributed by atoms with van der Waals surface area (Å²) < 4.78 is 0. The quantitative estimate of drug-likeness (QED) is 0.432. The zero-order chi connectivity index (χ0) is 14.3. The fourth-order valence-corrected chi connectivity index (χ4v) is 1.58. The largest absolute Gasteiger partial charge is 0.506 e. The monoisotopic (exact) mass is 264 g/mol. The number of amides is 2. The van der Waals surface area contributed by atoms with Gasteiger partial charge in [-0.25, -0.2) is 0 Å². The Morgan fingerprint density at radius 1 is 1.21 bits per heavy atom. The molecule has 0 atom stereocenters. The number of hydrogen-bond donors (Lipinski definition) is 3. The van der Waals surface area contributed by atoms with E-state index in [9.17, 15) is 14.7 Å². The van der Waals surface area contributed by atoms with Crippen molar-refractivity contribution in [1.29, 1.82) is 0 Å². The molecule has 0 bridgehead atoms. The van der Waals surface area contributed by atoms with Gasteiger partial charge in [0.05, 0.1) is 5.69 Å². The fourth-order valence-electron chi connectivity index (χ4n) is 1.58. The fraction of sp³-hybridized carbons (Fsp3) is 0.429. The highest BCUT2D eigenvalue weighted by Gasteiger charge is 2.14. The number of benzene rings is 1. The second kappa shape index (κ2) is 7.41. The number of nitrogens with one attached hydrogen (secondary N) is 2. The molecule has 0 aliphatic heterocycles. The van der Waals surface area contributed by atoms with Crippen LogP contribution in [0.15, 0.2) is 18.2 Å². The number of aryl methyl sites for hydroxylation is 1. The summed E-state index contributed by atoms with van der Waals surface area (Å²) in [5.74, 6) is -1.50. The first-order valence-electron chi connectivity index (χ1n) is 6.43. The molecule has 5 nitrogen and oxygen atoms in total. The van der Waals surface area contributed by atoms with Gasteiger partial charge < -0.3 is 15.7 Å². The molecular formula is C14H20N2O3. The zero-order valence-corrected chi connectivity index (χ0v) is 11.3. The number of anilines is 1. The van der Waals surface area contributed by atoms with Crippen LogP contribution in [0.4, 0.5) is 5.69 Å². The number of phenols is 1. The summed E-state index contributed by atoms with van der Waals surface area (Å²) in [6.45, 7) is 4.38. The minimum Gasteiger partial charge on any atom is -0.506 e. The van der Waals surface area contributed by atoms with Gasteiger partial charge in [-0.15, -0.1) is 0 Å². The molecule has 1 aromatic rings. The van der Waals surface area contributed by atoms with Crippen LogP contribution in [0.1, 0.15) is 31.7 Å². The lowest BCUT2D eigenvalue weighted by atomic mass is 10.2. The van der Waals surface area contributed by atoms with Crippen molar-refractivity contribution in [2.24, 2.45) is 0 Å². The van der Waals surface area contributed by atoms with Gasteiger partial charge in [-0.1, -0.05) is 25.8 Å². The second-order valence-electron chi connectivity index (χ2n) is 4.44. The Bertz CT molecular complexity index is 458. The molecule has 1 aromatic carbocycles. The molecule has 2 amide bonds. The van der Waals surface area contributed by atoms with Crippen LogP contribution < -0.4 is 10.6 Å². The normalized spacial score (nSPS) is 10.0. The van der Waals surface area contributed by atoms with E-state index >= 15 is 0 Å². The summed E-state index contributed by atoms with van der Waals surface area (Å²) in [6.07, 6.45) is 2.92. The van der Waals surface area contributed by atoms with Gasteiger partial charge in [0.2, 0.25) is 0 Å². The Balaban J connectivity index is 2.47. The second-order valence-corrected chi connectivity index (χ2v) is 4.44. The summed E-state index contributed by atoms with van der Waals surface area (Å²) in [7, 11) is 0. The van der Waals surface area contributed by atoms with Crippen LogP contribution in [0.2, 0.25) is 0 Å². The molecule has 3 N–H and O–H groups in total. The van der Waals surface area contributed by atoms with Crippen LogP contribution in [-0.4, -0.2) is 23.5 Å². The van der Waals surface area contributed by atoms with E-state index in [1.807, 2.05) is 6.92 Å². The van der Waals surface area contributed by atoms with Crippen LogP contribution in [0.3, 0.4) is 0 Å². The van der Waals surface area contributed by atoms with Gasteiger partial charge in [-0.3, -0.25) is 9.59 Å². The number of carbonyl (C=O) groups excluding carboxylic acids is 2. The molecule has 0 radical (unpaired) electrons. The molecule has 0 saturated carbocycles. The maximum atomic E-state index is 11.6. The van der Waals surface area contributed by atoms with E-state index in [0.29, 0.717) is 6.54 Å². The lowest BCUT2D eigenvalue weighted by Gasteiger charge is -2.08. The highest BCUT2D eigenvalue weighted by atomic mass is 16.3. The predicted octanol–water partition coefficient (Wildman–Crippen LogP) is 1.95. The van der Waals surface area contributed by atoms with Crippen LogP contribution >= 0.6 is 0 Å². The van der Waals surface area contributed by atoms with Gasteiger partial charge in [0, 0.05) is 6.54 Å². The molecule has 19 heavy (non-hydrogen) atoms. The van der Waals surface area contributed by atoms with E-state index in [4.69, 9.17) is 0 Å². The number of unbranched alkanes of at least 4 members (excludes halogenated alkanes) is 2. The smallest absolute Gasteiger partial charge is 0.313 e. The number of aromatic hydroxyl groups is 1. The maximum absolute atomic E-state index is 11.6. The minimum atomic E-state index is -0.768. The Morgan fingerprint density at radius 3 is 2.58 bits per heavy atom. The van der Waals surface area contributed by atoms with Crippen molar-refractivity contribution in [2.45, 2.75) is 33.1 Å². The number of hydrogen-bond acceptors (Lipinski definition) is 3. The zero-order valence-electron chi connectivity index (χ0n) is 11.3. The molecule has 0 spiro atoms. The first kappa shape index (κ1) is 15.0. The van der Waals surface area contributed by atoms with Gasteiger partial charge in [0.25, 0.3) is 0 Å². The molecule has 0 saturated heterocycles. The summed E-state index contributed by atoms with van der Waals surface area (Å²) >= 11 is 0. The van der Waals surface area contributed by atoms with E-state index in [1.54, 1.807) is 12.1 Å². The first-order valence-corrected chi connectivity index (χ1v) is 6.43. The average Bonchev–Trinajstić information content (AvgIpc) is 2.37. The standard InChI is InChI=1S/C14H20N2O3/c1-3-4-5-8-15-13(18)14(19)16-11-7-6-10(2)9-12(11)17/h6-7,9,17H,3-5,8H2,1-2H3,(H,15,18)(H,16,19). The number of phenolic OH excluding ortho intramolecular Hbond substituents is 1. The maximum Gasteiger partial charge on any atom is 0.313 e. The highest BCUT2D eigenvalue weighted by Crippen LogP contribution is 2.23. The Labute approximate surface area is 113 Å². The van der Waals surface area contributed by atoms with Gasteiger partial charge >= 0.3 is 11.8 Å². The number of rotatable bonds is 5. The molecule has 5 heteroatoms. The summed E-state index contributed by atoms with van der Waals surface area (Å²) in [5, 5.41) is 14.5. The van der Waals surface area contributed by atoms with Crippen molar-refractivity contribution in [1.82, 2.24) is 5.32 Å². The molecule has 0 fully saturated rings. The van der Waals surface area contributed by atoms with Gasteiger partial charge in [0.15, 0.2) is 0 Å². The molecule has 0 aromatic heterocycles. The number of carbonyl (C=O) groups is 2. The van der Waals surface area contributed by atoms with Crippen LogP contribution in [0.5, 0.6) is 5.75 Å². The van der Waals surface area contributed by atoms with E-state index in [-0.39, 0.29) is 11.4 Å². The van der Waals surface area contributed by atoms with Gasteiger partial charge in [0.1, 0.15) is 5.75 Å². The Hall–Kier alpha value is -2.04. The van der Waals surface area contributed by atoms with Crippen molar-refractivity contribution in [3.8, 4) is 5.75 Å². The van der Waals surface area contributed by atoms with Crippen molar-refractivity contribution in [3.05, 3.63) is 23.8 Å². The third-order valence-electron chi connectivity index (χ3n) is 2.67. The average molecular weight is 264 g/mol. The molecule has 0 aliphatic carbocycles. The topological polar surface area (TPSA) is 78.4 Å². The minimum absolute atomic E-state index is 0.0490. The molecule has 1 rings (SSSR count). The Kier molecular flexibility index (Phi) is 5.85. The lowest BCUT2D eigenvalue weighted by Crippen LogP contribution is -2.35. The third-order valence-corrected chi connectivity index (χ3v) is 2.67. The first-order chi connectivity index (χ1) is 9.04. The summed E-state index contributed by atoms with van der Waals surface area (Å²) in [4.78, 5) is 23.1. The highest BCUT2D eigenvalue weighted by molar-refractivity contribution is 6.39. The van der Waals surface area contributed by atoms with Crippen molar-refractivity contribution >= 4 is 17.5 Å². The van der Waals surface area contributed by atoms with E-state index < -0.39 is 11.8 Å². The lowest BCUT2D eigenvalue weighted by molar-refractivity contribution is -0.136. The van der Waals surface area contributed by atoms with E-state index in [1.165, 1.54) is 6.07 Å². The van der Waals surface area contributed by atoms with Gasteiger partial charge in [-0.2, -0.15) is 0 Å². The van der Waals surface area contributed by atoms with Crippen LogP contribution in [0, 0.1) is 6.92 Å². The molecular weight excluding hydrogens is 244 g/mol. The predicted molar refractivity (Wildman–Crippen MR) is 74.0 cm³/mol. The molecule has 0 heterocycles. The molecule has 0 unspecified atom stereocenters. The van der Waals surface area contributed by atoms with E-state index in [2.05, 4.69) is 17.6 Å². The van der Waals surface area contributed by atoms with Crippen molar-refractivity contribution in [3.63, 3.8) is 0 Å². The van der Waals surface area contributed by atoms with Crippen molar-refractivity contribution < 1.29 is 14.7 Å². The third kappa shape index (κ3) is 4.99. The van der Waals surface area contributed by atoms with Gasteiger partial charge in [-0.05, 0) is 31.0 Å². The molecule has 104 valence electrons. The van der Waals surface area contributed by atoms with Crippen LogP contribution in [-0.2, 0) is 9.59 Å². The summed E-state index contributed by atoms with van der Waals surface area (Å²) in [5.41, 5.74) is 1.11. The molecule has 0 aliphatic rings. The van der Waals surface area contributed by atoms with E-state index in [0.717, 1.165) is 24.8 Å². The van der Waals surface area contributed by atoms with Crippen LogP contribution in [0.25, 0.3) is 0 Å². The Morgan fingerprint density at radius 2 is 1.95 bits per heavy atom. The van der Waals surface area contributed by atoms with Crippen molar-refractivity contribution in [2.75, 3.05) is 11.9 Å². The summed E-state index contributed by atoms with van der Waals surface area (Å²) in [6, 6.07) is 4.83. The SMILES string of the molecule is CCCCCNC(=O)C(=O)Nc1ccc(C)cc1O.